The van der Waals surface area contributed by atoms with E-state index < -0.39 is 24.3 Å². The molecule has 0 bridgehead atoms. The number of pyridine rings is 1. The molecule has 1 aromatic rings. The van der Waals surface area contributed by atoms with Crippen molar-refractivity contribution in [2.75, 3.05) is 27.4 Å². The summed E-state index contributed by atoms with van der Waals surface area (Å²) in [5, 5.41) is 0. The zero-order valence-corrected chi connectivity index (χ0v) is 14.6. The largest absolute Gasteiger partial charge is 0.496 e. The van der Waals surface area contributed by atoms with E-state index in [0.29, 0.717) is 11.3 Å². The zero-order chi connectivity index (χ0) is 18.3. The van der Waals surface area contributed by atoms with Gasteiger partial charge in [-0.2, -0.15) is 0 Å². The molecule has 1 heterocycles. The zero-order valence-electron chi connectivity index (χ0n) is 14.6. The maximum atomic E-state index is 12.8. The smallest absolute Gasteiger partial charge is 0.410 e. The highest BCUT2D eigenvalue weighted by Gasteiger charge is 2.23. The molecule has 1 rings (SSSR count). The standard InChI is InChI=1S/C16H23FN2O5/c1-16(2,3)24-15(21)19(7-6-17)10-11-9-18-12(14(20)23-5)8-13(11)22-4/h8-9H,6-7,10H2,1-5H3. The summed E-state index contributed by atoms with van der Waals surface area (Å²) in [7, 11) is 2.67. The minimum Gasteiger partial charge on any atom is -0.496 e. The van der Waals surface area contributed by atoms with Gasteiger partial charge in [0.25, 0.3) is 0 Å². The molecule has 0 unspecified atom stereocenters. The van der Waals surface area contributed by atoms with E-state index in [0.717, 1.165) is 0 Å². The number of nitrogens with zero attached hydrogens (tertiary/aromatic N) is 2. The van der Waals surface area contributed by atoms with Gasteiger partial charge in [0.15, 0.2) is 5.69 Å². The Balaban J connectivity index is 3.01. The Morgan fingerprint density at radius 1 is 1.29 bits per heavy atom. The van der Waals surface area contributed by atoms with Crippen molar-refractivity contribution in [2.45, 2.75) is 32.9 Å². The number of alkyl halides is 1. The molecule has 24 heavy (non-hydrogen) atoms. The lowest BCUT2D eigenvalue weighted by atomic mass is 10.2. The number of aromatic nitrogens is 1. The fourth-order valence-electron chi connectivity index (χ4n) is 1.86. The maximum absolute atomic E-state index is 12.8. The van der Waals surface area contributed by atoms with Gasteiger partial charge >= 0.3 is 12.1 Å². The van der Waals surface area contributed by atoms with Gasteiger partial charge in [0.2, 0.25) is 0 Å². The minimum absolute atomic E-state index is 0.0382. The molecule has 0 spiro atoms. The summed E-state index contributed by atoms with van der Waals surface area (Å²) in [6.45, 7) is 4.38. The number of carbonyl (C=O) groups excluding carboxylic acids is 2. The summed E-state index contributed by atoms with van der Waals surface area (Å²) >= 11 is 0. The van der Waals surface area contributed by atoms with E-state index in [-0.39, 0.29) is 18.8 Å². The third-order valence-corrected chi connectivity index (χ3v) is 2.93. The van der Waals surface area contributed by atoms with Crippen molar-refractivity contribution in [1.82, 2.24) is 9.88 Å². The molecule has 0 saturated carbocycles. The van der Waals surface area contributed by atoms with E-state index in [1.165, 1.54) is 31.4 Å². The molecule has 1 aromatic heterocycles. The molecule has 0 aliphatic rings. The van der Waals surface area contributed by atoms with Gasteiger partial charge in [-0.05, 0) is 20.8 Å². The number of halogens is 1. The lowest BCUT2D eigenvalue weighted by Crippen LogP contribution is -2.37. The van der Waals surface area contributed by atoms with Crippen molar-refractivity contribution in [1.29, 1.82) is 0 Å². The summed E-state index contributed by atoms with van der Waals surface area (Å²) in [5.74, 6) is -0.259. The summed E-state index contributed by atoms with van der Waals surface area (Å²) in [5.41, 5.74) is -0.0974. The van der Waals surface area contributed by atoms with Crippen molar-refractivity contribution < 1.29 is 28.2 Å². The Morgan fingerprint density at radius 3 is 2.46 bits per heavy atom. The molecule has 0 radical (unpaired) electrons. The van der Waals surface area contributed by atoms with Crippen LogP contribution in [0.4, 0.5) is 9.18 Å². The molecule has 0 aliphatic heterocycles. The molecule has 0 N–H and O–H groups in total. The van der Waals surface area contributed by atoms with Gasteiger partial charge in [-0.15, -0.1) is 0 Å². The van der Waals surface area contributed by atoms with Crippen LogP contribution >= 0.6 is 0 Å². The van der Waals surface area contributed by atoms with Crippen molar-refractivity contribution in [3.05, 3.63) is 23.5 Å². The van der Waals surface area contributed by atoms with Gasteiger partial charge in [-0.3, -0.25) is 0 Å². The van der Waals surface area contributed by atoms with Gasteiger partial charge in [-0.25, -0.2) is 19.0 Å². The van der Waals surface area contributed by atoms with Crippen molar-refractivity contribution in [2.24, 2.45) is 0 Å². The predicted molar refractivity (Wildman–Crippen MR) is 84.7 cm³/mol. The monoisotopic (exact) mass is 342 g/mol. The fraction of sp³-hybridized carbons (Fsp3) is 0.562. The fourth-order valence-corrected chi connectivity index (χ4v) is 1.86. The van der Waals surface area contributed by atoms with Gasteiger partial charge in [-0.1, -0.05) is 0 Å². The van der Waals surface area contributed by atoms with Crippen LogP contribution in [0, 0.1) is 0 Å². The molecule has 0 aromatic carbocycles. The first-order chi connectivity index (χ1) is 11.2. The minimum atomic E-state index is -0.713. The van der Waals surface area contributed by atoms with Crippen LogP contribution in [0.2, 0.25) is 0 Å². The number of hydrogen-bond donors (Lipinski definition) is 0. The number of esters is 1. The van der Waals surface area contributed by atoms with Gasteiger partial charge in [0.05, 0.1) is 27.3 Å². The normalized spacial score (nSPS) is 10.9. The van der Waals surface area contributed by atoms with Crippen LogP contribution in [0.15, 0.2) is 12.3 Å². The van der Waals surface area contributed by atoms with Crippen LogP contribution in [0.1, 0.15) is 36.8 Å². The van der Waals surface area contributed by atoms with Crippen LogP contribution in [0.3, 0.4) is 0 Å². The molecular formula is C16H23FN2O5. The molecule has 134 valence electrons. The highest BCUT2D eigenvalue weighted by Crippen LogP contribution is 2.22. The first-order valence-electron chi connectivity index (χ1n) is 7.37. The Hall–Kier alpha value is -2.38. The molecular weight excluding hydrogens is 319 g/mol. The third-order valence-electron chi connectivity index (χ3n) is 2.93. The van der Waals surface area contributed by atoms with E-state index >= 15 is 0 Å². The van der Waals surface area contributed by atoms with Crippen LogP contribution < -0.4 is 4.74 Å². The Morgan fingerprint density at radius 2 is 1.96 bits per heavy atom. The second-order valence-corrected chi connectivity index (χ2v) is 5.96. The Labute approximate surface area is 140 Å². The van der Waals surface area contributed by atoms with Gasteiger partial charge in [0.1, 0.15) is 18.0 Å². The summed E-state index contributed by atoms with van der Waals surface area (Å²) in [4.78, 5) is 28.9. The molecule has 1 amide bonds. The summed E-state index contributed by atoms with van der Waals surface area (Å²) in [6, 6.07) is 1.41. The quantitative estimate of drug-likeness (QED) is 0.740. The summed E-state index contributed by atoms with van der Waals surface area (Å²) in [6.07, 6.45) is 0.750. The lowest BCUT2D eigenvalue weighted by Gasteiger charge is -2.27. The van der Waals surface area contributed by atoms with Crippen molar-refractivity contribution in [3.8, 4) is 5.75 Å². The summed E-state index contributed by atoms with van der Waals surface area (Å²) < 4.78 is 27.9. The van der Waals surface area contributed by atoms with Crippen LogP contribution in [-0.4, -0.2) is 55.0 Å². The number of amides is 1. The van der Waals surface area contributed by atoms with Crippen molar-refractivity contribution >= 4 is 12.1 Å². The SMILES string of the molecule is COC(=O)c1cc(OC)c(CN(CCF)C(=O)OC(C)(C)C)cn1. The highest BCUT2D eigenvalue weighted by molar-refractivity contribution is 5.87. The van der Waals surface area contributed by atoms with Crippen LogP contribution in [0.25, 0.3) is 0 Å². The third kappa shape index (κ3) is 5.68. The lowest BCUT2D eigenvalue weighted by molar-refractivity contribution is 0.0221. The second-order valence-electron chi connectivity index (χ2n) is 5.96. The van der Waals surface area contributed by atoms with E-state index in [1.54, 1.807) is 20.8 Å². The average Bonchev–Trinajstić information content (AvgIpc) is 2.52. The van der Waals surface area contributed by atoms with Gasteiger partial charge in [0, 0.05) is 17.8 Å². The Kier molecular flexibility index (Phi) is 6.94. The highest BCUT2D eigenvalue weighted by atomic mass is 19.1. The van der Waals surface area contributed by atoms with E-state index in [2.05, 4.69) is 9.72 Å². The molecule has 0 aliphatic carbocycles. The first-order valence-corrected chi connectivity index (χ1v) is 7.37. The second kappa shape index (κ2) is 8.47. The number of ether oxygens (including phenoxy) is 3. The number of methoxy groups -OCH3 is 2. The van der Waals surface area contributed by atoms with Crippen molar-refractivity contribution in [3.63, 3.8) is 0 Å². The molecule has 0 saturated heterocycles. The van der Waals surface area contributed by atoms with E-state index in [1.807, 2.05) is 0 Å². The molecule has 0 fully saturated rings. The van der Waals surface area contributed by atoms with Crippen LogP contribution in [-0.2, 0) is 16.0 Å². The van der Waals surface area contributed by atoms with E-state index in [9.17, 15) is 14.0 Å². The topological polar surface area (TPSA) is 78.0 Å². The number of carbonyl (C=O) groups is 2. The van der Waals surface area contributed by atoms with E-state index in [4.69, 9.17) is 9.47 Å². The Bertz CT molecular complexity index is 586. The molecule has 8 heteroatoms. The first kappa shape index (κ1) is 19.7. The number of rotatable bonds is 6. The predicted octanol–water partition coefficient (Wildman–Crippen LogP) is 2.58. The maximum Gasteiger partial charge on any atom is 0.410 e. The molecule has 7 nitrogen and oxygen atoms in total. The van der Waals surface area contributed by atoms with Crippen LogP contribution in [0.5, 0.6) is 5.75 Å². The molecule has 0 atom stereocenters. The van der Waals surface area contributed by atoms with Gasteiger partial charge < -0.3 is 19.1 Å². The number of hydrogen-bond acceptors (Lipinski definition) is 6. The average molecular weight is 342 g/mol.